The number of carbonyl (C=O) groups excluding carboxylic acids is 1. The van der Waals surface area contributed by atoms with Gasteiger partial charge in [0.25, 0.3) is 0 Å². The summed E-state index contributed by atoms with van der Waals surface area (Å²) in [5.74, 6) is 0.924. The first-order valence-corrected chi connectivity index (χ1v) is 6.89. The summed E-state index contributed by atoms with van der Waals surface area (Å²) >= 11 is 0. The summed E-state index contributed by atoms with van der Waals surface area (Å²) in [6.45, 7) is 6.45. The third-order valence-corrected chi connectivity index (χ3v) is 3.50. The molecule has 1 aliphatic heterocycles. The number of hydrogen-bond donors (Lipinski definition) is 2. The van der Waals surface area contributed by atoms with E-state index >= 15 is 0 Å². The molecule has 0 aliphatic carbocycles. The molecule has 0 aromatic heterocycles. The molecule has 0 radical (unpaired) electrons. The molecule has 1 aromatic carbocycles. The zero-order valence-corrected chi connectivity index (χ0v) is 11.7. The summed E-state index contributed by atoms with van der Waals surface area (Å²) in [7, 11) is 0. The third kappa shape index (κ3) is 3.47. The van der Waals surface area contributed by atoms with Gasteiger partial charge in [-0.25, -0.2) is 0 Å². The molecule has 1 atom stereocenters. The maximum Gasteiger partial charge on any atom is 0.231 e. The van der Waals surface area contributed by atoms with E-state index in [0.29, 0.717) is 0 Å². The molecule has 104 valence electrons. The molecular formula is C15H22N2O2. The van der Waals surface area contributed by atoms with Crippen LogP contribution in [0.15, 0.2) is 24.3 Å². The van der Waals surface area contributed by atoms with E-state index in [9.17, 15) is 4.79 Å². The van der Waals surface area contributed by atoms with Crippen LogP contribution in [0.4, 0.5) is 5.69 Å². The highest BCUT2D eigenvalue weighted by Crippen LogP contribution is 2.26. The van der Waals surface area contributed by atoms with Crippen molar-refractivity contribution in [1.82, 2.24) is 5.32 Å². The molecular weight excluding hydrogens is 240 g/mol. The smallest absolute Gasteiger partial charge is 0.231 e. The Morgan fingerprint density at radius 2 is 2.16 bits per heavy atom. The van der Waals surface area contributed by atoms with Crippen molar-refractivity contribution in [2.45, 2.75) is 26.7 Å². The fraction of sp³-hybridized carbons (Fsp3) is 0.533. The van der Waals surface area contributed by atoms with Gasteiger partial charge in [-0.3, -0.25) is 4.79 Å². The van der Waals surface area contributed by atoms with E-state index in [-0.39, 0.29) is 11.3 Å². The van der Waals surface area contributed by atoms with E-state index in [0.717, 1.165) is 44.0 Å². The Bertz CT molecular complexity index is 422. The summed E-state index contributed by atoms with van der Waals surface area (Å²) in [6.07, 6.45) is 1.88. The number of hydrogen-bond acceptors (Lipinski definition) is 3. The number of carbonyl (C=O) groups is 1. The monoisotopic (exact) mass is 262 g/mol. The van der Waals surface area contributed by atoms with E-state index in [1.54, 1.807) is 0 Å². The van der Waals surface area contributed by atoms with Gasteiger partial charge in [0.1, 0.15) is 5.75 Å². The van der Waals surface area contributed by atoms with Gasteiger partial charge < -0.3 is 15.4 Å². The Morgan fingerprint density at radius 3 is 2.74 bits per heavy atom. The van der Waals surface area contributed by atoms with Gasteiger partial charge in [0, 0.05) is 12.2 Å². The van der Waals surface area contributed by atoms with Crippen LogP contribution >= 0.6 is 0 Å². The summed E-state index contributed by atoms with van der Waals surface area (Å²) in [4.78, 5) is 12.2. The standard InChI is InChI=1S/C15H22N2O2/c1-3-10-19-13-6-4-12(5-7-13)17-14(18)15(2)8-9-16-11-15/h4-7,16H,3,8-11H2,1-2H3,(H,17,18). The second-order valence-electron chi connectivity index (χ2n) is 5.31. The average molecular weight is 262 g/mol. The molecule has 4 nitrogen and oxygen atoms in total. The number of nitrogens with one attached hydrogen (secondary N) is 2. The Kier molecular flexibility index (Phi) is 4.43. The van der Waals surface area contributed by atoms with Gasteiger partial charge in [-0.2, -0.15) is 0 Å². The van der Waals surface area contributed by atoms with Crippen LogP contribution < -0.4 is 15.4 Å². The van der Waals surface area contributed by atoms with Crippen LogP contribution in [0.25, 0.3) is 0 Å². The molecule has 19 heavy (non-hydrogen) atoms. The highest BCUT2D eigenvalue weighted by molar-refractivity contribution is 5.95. The molecule has 4 heteroatoms. The lowest BCUT2D eigenvalue weighted by molar-refractivity contribution is -0.123. The Hall–Kier alpha value is -1.55. The minimum Gasteiger partial charge on any atom is -0.494 e. The molecule has 2 rings (SSSR count). The van der Waals surface area contributed by atoms with Gasteiger partial charge in [-0.05, 0) is 50.6 Å². The quantitative estimate of drug-likeness (QED) is 0.856. The number of benzene rings is 1. The molecule has 0 spiro atoms. The van der Waals surface area contributed by atoms with Gasteiger partial charge in [-0.15, -0.1) is 0 Å². The molecule has 1 unspecified atom stereocenters. The predicted molar refractivity (Wildman–Crippen MR) is 76.5 cm³/mol. The van der Waals surface area contributed by atoms with E-state index in [1.807, 2.05) is 31.2 Å². The summed E-state index contributed by atoms with van der Waals surface area (Å²) in [6, 6.07) is 7.55. The van der Waals surface area contributed by atoms with Crippen molar-refractivity contribution in [2.75, 3.05) is 25.0 Å². The van der Waals surface area contributed by atoms with Crippen LogP contribution in [0.5, 0.6) is 5.75 Å². The molecule has 0 saturated carbocycles. The Labute approximate surface area is 114 Å². The molecule has 0 bridgehead atoms. The normalized spacial score (nSPS) is 22.2. The minimum atomic E-state index is -0.294. The fourth-order valence-electron chi connectivity index (χ4n) is 2.15. The van der Waals surface area contributed by atoms with Crippen LogP contribution in [0, 0.1) is 5.41 Å². The number of anilines is 1. The zero-order valence-electron chi connectivity index (χ0n) is 11.7. The van der Waals surface area contributed by atoms with Crippen molar-refractivity contribution in [3.8, 4) is 5.75 Å². The molecule has 2 N–H and O–H groups in total. The fourth-order valence-corrected chi connectivity index (χ4v) is 2.15. The van der Waals surface area contributed by atoms with Crippen molar-refractivity contribution in [3.63, 3.8) is 0 Å². The summed E-state index contributed by atoms with van der Waals surface area (Å²) in [5.41, 5.74) is 0.527. The van der Waals surface area contributed by atoms with Crippen molar-refractivity contribution in [2.24, 2.45) is 5.41 Å². The maximum absolute atomic E-state index is 12.2. The van der Waals surface area contributed by atoms with Crippen molar-refractivity contribution >= 4 is 11.6 Å². The first-order valence-electron chi connectivity index (χ1n) is 6.89. The lowest BCUT2D eigenvalue weighted by atomic mass is 9.89. The third-order valence-electron chi connectivity index (χ3n) is 3.50. The summed E-state index contributed by atoms with van der Waals surface area (Å²) < 4.78 is 5.51. The zero-order chi connectivity index (χ0) is 13.7. The lowest BCUT2D eigenvalue weighted by Gasteiger charge is -2.21. The second-order valence-corrected chi connectivity index (χ2v) is 5.31. The second kappa shape index (κ2) is 6.06. The number of ether oxygens (including phenoxy) is 1. The van der Waals surface area contributed by atoms with Gasteiger partial charge in [0.05, 0.1) is 12.0 Å². The molecule has 1 aromatic rings. The SMILES string of the molecule is CCCOc1ccc(NC(=O)C2(C)CCNC2)cc1. The lowest BCUT2D eigenvalue weighted by Crippen LogP contribution is -2.35. The highest BCUT2D eigenvalue weighted by atomic mass is 16.5. The van der Waals surface area contributed by atoms with Crippen LogP contribution in [-0.2, 0) is 4.79 Å². The van der Waals surface area contributed by atoms with Crippen molar-refractivity contribution in [1.29, 1.82) is 0 Å². The highest BCUT2D eigenvalue weighted by Gasteiger charge is 2.36. The van der Waals surface area contributed by atoms with E-state index in [4.69, 9.17) is 4.74 Å². The van der Waals surface area contributed by atoms with Gasteiger partial charge in [-0.1, -0.05) is 6.92 Å². The van der Waals surface area contributed by atoms with E-state index in [2.05, 4.69) is 17.6 Å². The first-order chi connectivity index (χ1) is 9.14. The van der Waals surface area contributed by atoms with E-state index < -0.39 is 0 Å². The topological polar surface area (TPSA) is 50.4 Å². The largest absolute Gasteiger partial charge is 0.494 e. The first kappa shape index (κ1) is 13.9. The van der Waals surface area contributed by atoms with Crippen LogP contribution in [0.3, 0.4) is 0 Å². The average Bonchev–Trinajstić information content (AvgIpc) is 2.86. The van der Waals surface area contributed by atoms with Crippen LogP contribution in [0.2, 0.25) is 0 Å². The molecule has 1 saturated heterocycles. The van der Waals surface area contributed by atoms with Gasteiger partial charge >= 0.3 is 0 Å². The van der Waals surface area contributed by atoms with Gasteiger partial charge in [0.2, 0.25) is 5.91 Å². The minimum absolute atomic E-state index is 0.0831. The Morgan fingerprint density at radius 1 is 1.42 bits per heavy atom. The molecule has 1 heterocycles. The summed E-state index contributed by atoms with van der Waals surface area (Å²) in [5, 5.41) is 6.20. The predicted octanol–water partition coefficient (Wildman–Crippen LogP) is 2.41. The van der Waals surface area contributed by atoms with Crippen LogP contribution in [-0.4, -0.2) is 25.6 Å². The molecule has 1 fully saturated rings. The number of amides is 1. The molecule has 1 aliphatic rings. The van der Waals surface area contributed by atoms with Crippen LogP contribution in [0.1, 0.15) is 26.7 Å². The van der Waals surface area contributed by atoms with Gasteiger partial charge in [0.15, 0.2) is 0 Å². The Balaban J connectivity index is 1.93. The van der Waals surface area contributed by atoms with Crippen molar-refractivity contribution in [3.05, 3.63) is 24.3 Å². The van der Waals surface area contributed by atoms with Crippen molar-refractivity contribution < 1.29 is 9.53 Å². The number of rotatable bonds is 5. The molecule has 1 amide bonds. The van der Waals surface area contributed by atoms with E-state index in [1.165, 1.54) is 0 Å². The maximum atomic E-state index is 12.2.